The van der Waals surface area contributed by atoms with Crippen molar-refractivity contribution in [2.24, 2.45) is 4.99 Å². The van der Waals surface area contributed by atoms with Gasteiger partial charge in [-0.2, -0.15) is 0 Å². The van der Waals surface area contributed by atoms with Gasteiger partial charge in [-0.3, -0.25) is 0 Å². The van der Waals surface area contributed by atoms with E-state index in [1.807, 2.05) is 24.3 Å². The maximum atomic E-state index is 6.04. The second-order valence-corrected chi connectivity index (χ2v) is 5.31. The van der Waals surface area contributed by atoms with Gasteiger partial charge in [-0.1, -0.05) is 54.5 Å². The molecule has 1 aromatic carbocycles. The summed E-state index contributed by atoms with van der Waals surface area (Å²) in [6.45, 7) is 2.16. The van der Waals surface area contributed by atoms with Crippen molar-refractivity contribution in [2.75, 3.05) is 0 Å². The van der Waals surface area contributed by atoms with Gasteiger partial charge in [-0.15, -0.1) is 10.2 Å². The third-order valence-corrected chi connectivity index (χ3v) is 3.65. The van der Waals surface area contributed by atoms with Crippen LogP contribution in [0.15, 0.2) is 29.3 Å². The van der Waals surface area contributed by atoms with Crippen LogP contribution in [-0.4, -0.2) is 16.4 Å². The van der Waals surface area contributed by atoms with Gasteiger partial charge in [0.2, 0.25) is 5.13 Å². The number of hydrogen-bond acceptors (Lipinski definition) is 4. The zero-order valence-corrected chi connectivity index (χ0v) is 11.7. The molecule has 1 aromatic heterocycles. The number of aromatic nitrogens is 2. The molecule has 0 fully saturated rings. The fourth-order valence-electron chi connectivity index (χ4n) is 1.43. The molecule has 0 saturated carbocycles. The fraction of sp³-hybridized carbons (Fsp3) is 0.308. The third-order valence-electron chi connectivity index (χ3n) is 2.42. The predicted octanol–water partition coefficient (Wildman–Crippen LogP) is 4.28. The Kier molecular flexibility index (Phi) is 4.84. The van der Waals surface area contributed by atoms with Crippen molar-refractivity contribution in [3.05, 3.63) is 39.9 Å². The summed E-state index contributed by atoms with van der Waals surface area (Å²) in [5, 5.41) is 10.6. The van der Waals surface area contributed by atoms with E-state index in [9.17, 15) is 0 Å². The summed E-state index contributed by atoms with van der Waals surface area (Å²) in [5.41, 5.74) is 0.893. The van der Waals surface area contributed by atoms with Gasteiger partial charge < -0.3 is 0 Å². The molecular formula is C13H14ClN3S. The topological polar surface area (TPSA) is 38.1 Å². The summed E-state index contributed by atoms with van der Waals surface area (Å²) in [6.07, 6.45) is 5.02. The maximum Gasteiger partial charge on any atom is 0.231 e. The van der Waals surface area contributed by atoms with E-state index in [1.165, 1.54) is 11.3 Å². The summed E-state index contributed by atoms with van der Waals surface area (Å²) in [5.74, 6) is 0. The first-order valence-corrected chi connectivity index (χ1v) is 7.10. The average molecular weight is 280 g/mol. The molecule has 0 spiro atoms. The Labute approximate surface area is 116 Å². The van der Waals surface area contributed by atoms with Crippen molar-refractivity contribution >= 4 is 34.3 Å². The van der Waals surface area contributed by atoms with Gasteiger partial charge in [0.1, 0.15) is 5.01 Å². The van der Waals surface area contributed by atoms with E-state index in [2.05, 4.69) is 22.1 Å². The van der Waals surface area contributed by atoms with Crippen LogP contribution in [-0.2, 0) is 6.42 Å². The summed E-state index contributed by atoms with van der Waals surface area (Å²) >= 11 is 7.58. The van der Waals surface area contributed by atoms with Crippen molar-refractivity contribution in [1.29, 1.82) is 0 Å². The van der Waals surface area contributed by atoms with E-state index in [1.54, 1.807) is 6.21 Å². The zero-order valence-electron chi connectivity index (χ0n) is 10.1. The molecule has 2 rings (SSSR count). The minimum absolute atomic E-state index is 0.682. The second kappa shape index (κ2) is 6.61. The lowest BCUT2D eigenvalue weighted by molar-refractivity contribution is 0.779. The molecule has 3 nitrogen and oxygen atoms in total. The molecule has 5 heteroatoms. The first kappa shape index (κ1) is 13.2. The van der Waals surface area contributed by atoms with Gasteiger partial charge >= 0.3 is 0 Å². The molecule has 0 N–H and O–H groups in total. The van der Waals surface area contributed by atoms with E-state index in [0.29, 0.717) is 10.2 Å². The van der Waals surface area contributed by atoms with Gasteiger partial charge in [0.15, 0.2) is 0 Å². The molecular weight excluding hydrogens is 266 g/mol. The minimum Gasteiger partial charge on any atom is -0.226 e. The van der Waals surface area contributed by atoms with Crippen LogP contribution in [0.1, 0.15) is 30.3 Å². The first-order chi connectivity index (χ1) is 8.79. The quantitative estimate of drug-likeness (QED) is 0.766. The van der Waals surface area contributed by atoms with Crippen LogP contribution < -0.4 is 0 Å². The Morgan fingerprint density at radius 1 is 1.33 bits per heavy atom. The van der Waals surface area contributed by atoms with Gasteiger partial charge in [-0.05, 0) is 12.5 Å². The molecule has 18 heavy (non-hydrogen) atoms. The van der Waals surface area contributed by atoms with Gasteiger partial charge in [0.05, 0.1) is 0 Å². The number of benzene rings is 1. The van der Waals surface area contributed by atoms with E-state index >= 15 is 0 Å². The maximum absolute atomic E-state index is 6.04. The van der Waals surface area contributed by atoms with Crippen molar-refractivity contribution in [1.82, 2.24) is 10.2 Å². The van der Waals surface area contributed by atoms with Crippen molar-refractivity contribution < 1.29 is 0 Å². The molecule has 2 aromatic rings. The van der Waals surface area contributed by atoms with Crippen LogP contribution in [0.4, 0.5) is 5.13 Å². The van der Waals surface area contributed by atoms with Crippen molar-refractivity contribution in [2.45, 2.75) is 26.2 Å². The van der Waals surface area contributed by atoms with Crippen molar-refractivity contribution in [3.8, 4) is 0 Å². The molecule has 0 bridgehead atoms. The Morgan fingerprint density at radius 3 is 2.94 bits per heavy atom. The molecule has 94 valence electrons. The summed E-state index contributed by atoms with van der Waals surface area (Å²) in [7, 11) is 0. The predicted molar refractivity (Wildman–Crippen MR) is 77.2 cm³/mol. The highest BCUT2D eigenvalue weighted by Gasteiger charge is 2.02. The van der Waals surface area contributed by atoms with Crippen LogP contribution in [0, 0.1) is 0 Å². The van der Waals surface area contributed by atoms with E-state index in [0.717, 1.165) is 29.8 Å². The normalized spacial score (nSPS) is 11.2. The Morgan fingerprint density at radius 2 is 2.17 bits per heavy atom. The van der Waals surface area contributed by atoms with Crippen molar-refractivity contribution in [3.63, 3.8) is 0 Å². The highest BCUT2D eigenvalue weighted by Crippen LogP contribution is 2.21. The molecule has 0 aliphatic carbocycles. The minimum atomic E-state index is 0.682. The SMILES string of the molecule is CCCCc1nnc(N=Cc2ccccc2Cl)s1. The fourth-order valence-corrected chi connectivity index (χ4v) is 2.34. The van der Waals surface area contributed by atoms with Crippen LogP contribution in [0.25, 0.3) is 0 Å². The lowest BCUT2D eigenvalue weighted by Gasteiger charge is -1.94. The lowest BCUT2D eigenvalue weighted by Crippen LogP contribution is -1.82. The molecule has 0 amide bonds. The standard InChI is InChI=1S/C13H14ClN3S/c1-2-3-8-12-16-17-13(18-12)15-9-10-6-4-5-7-11(10)14/h4-7,9H,2-3,8H2,1H3. The van der Waals surface area contributed by atoms with Crippen LogP contribution in [0.5, 0.6) is 0 Å². The largest absolute Gasteiger partial charge is 0.231 e. The molecule has 0 aliphatic rings. The molecule has 0 saturated heterocycles. The molecule has 1 heterocycles. The number of halogens is 1. The number of hydrogen-bond donors (Lipinski definition) is 0. The second-order valence-electron chi connectivity index (χ2n) is 3.86. The lowest BCUT2D eigenvalue weighted by atomic mass is 10.2. The van der Waals surface area contributed by atoms with Gasteiger partial charge in [0.25, 0.3) is 0 Å². The Balaban J connectivity index is 2.05. The van der Waals surface area contributed by atoms with E-state index < -0.39 is 0 Å². The Hall–Kier alpha value is -1.26. The molecule has 0 unspecified atom stereocenters. The van der Waals surface area contributed by atoms with Crippen LogP contribution in [0.3, 0.4) is 0 Å². The first-order valence-electron chi connectivity index (χ1n) is 5.90. The monoisotopic (exact) mass is 279 g/mol. The zero-order chi connectivity index (χ0) is 12.8. The molecule has 0 radical (unpaired) electrons. The summed E-state index contributed by atoms with van der Waals surface area (Å²) in [4.78, 5) is 4.30. The number of nitrogens with zero attached hydrogens (tertiary/aromatic N) is 3. The van der Waals surface area contributed by atoms with Gasteiger partial charge in [-0.25, -0.2) is 4.99 Å². The van der Waals surface area contributed by atoms with E-state index in [-0.39, 0.29) is 0 Å². The number of aryl methyl sites for hydroxylation is 1. The number of aliphatic imine (C=N–C) groups is 1. The number of rotatable bonds is 5. The summed E-state index contributed by atoms with van der Waals surface area (Å²) in [6, 6.07) is 7.59. The van der Waals surface area contributed by atoms with Crippen LogP contribution in [0.2, 0.25) is 5.02 Å². The average Bonchev–Trinajstić information content (AvgIpc) is 2.83. The Bertz CT molecular complexity index is 537. The summed E-state index contributed by atoms with van der Waals surface area (Å²) < 4.78 is 0. The molecule has 0 aliphatic heterocycles. The third kappa shape index (κ3) is 3.62. The van der Waals surface area contributed by atoms with E-state index in [4.69, 9.17) is 11.6 Å². The highest BCUT2D eigenvalue weighted by molar-refractivity contribution is 7.14. The highest BCUT2D eigenvalue weighted by atomic mass is 35.5. The van der Waals surface area contributed by atoms with Gasteiger partial charge in [0, 0.05) is 23.2 Å². The number of unbranched alkanes of at least 4 members (excludes halogenated alkanes) is 1. The smallest absolute Gasteiger partial charge is 0.226 e. The molecule has 0 atom stereocenters. The van der Waals surface area contributed by atoms with Crippen LogP contribution >= 0.6 is 22.9 Å².